The van der Waals surface area contributed by atoms with Gasteiger partial charge in [0.2, 0.25) is 5.91 Å². The van der Waals surface area contributed by atoms with Crippen molar-refractivity contribution in [3.63, 3.8) is 0 Å². The van der Waals surface area contributed by atoms with E-state index in [1.165, 1.54) is 12.1 Å². The van der Waals surface area contributed by atoms with Crippen LogP contribution in [0.25, 0.3) is 0 Å². The number of benzene rings is 1. The minimum atomic E-state index is -0.446. The molecule has 0 aliphatic rings. The van der Waals surface area contributed by atoms with Gasteiger partial charge < -0.3 is 10.4 Å². The van der Waals surface area contributed by atoms with E-state index >= 15 is 0 Å². The van der Waals surface area contributed by atoms with Crippen LogP contribution in [-0.2, 0) is 11.2 Å². The first-order valence-corrected chi connectivity index (χ1v) is 6.48. The van der Waals surface area contributed by atoms with Crippen LogP contribution in [0.5, 0.6) is 0 Å². The molecule has 0 spiro atoms. The highest BCUT2D eigenvalue weighted by molar-refractivity contribution is 5.78. The van der Waals surface area contributed by atoms with E-state index in [-0.39, 0.29) is 23.6 Å². The van der Waals surface area contributed by atoms with Gasteiger partial charge in [-0.3, -0.25) is 4.79 Å². The van der Waals surface area contributed by atoms with Gasteiger partial charge in [-0.2, -0.15) is 0 Å². The minimum Gasteiger partial charge on any atom is -0.393 e. The molecule has 0 bridgehead atoms. The lowest BCUT2D eigenvalue weighted by Gasteiger charge is -2.25. The summed E-state index contributed by atoms with van der Waals surface area (Å²) in [4.78, 5) is 11.6. The summed E-state index contributed by atoms with van der Waals surface area (Å²) in [5, 5.41) is 12.6. The molecule has 0 fully saturated rings. The van der Waals surface area contributed by atoms with Gasteiger partial charge in [-0.1, -0.05) is 32.9 Å². The fraction of sp³-hybridized carbons (Fsp3) is 0.533. The lowest BCUT2D eigenvalue weighted by Crippen LogP contribution is -2.33. The predicted octanol–water partition coefficient (Wildman–Crippen LogP) is 2.28. The van der Waals surface area contributed by atoms with Crippen LogP contribution < -0.4 is 5.32 Å². The molecule has 4 heteroatoms. The molecule has 2 N–H and O–H groups in total. The zero-order valence-corrected chi connectivity index (χ0v) is 11.7. The summed E-state index contributed by atoms with van der Waals surface area (Å²) in [6.07, 6.45) is 0.309. The van der Waals surface area contributed by atoms with Crippen LogP contribution in [0.15, 0.2) is 24.3 Å². The summed E-state index contributed by atoms with van der Waals surface area (Å²) < 4.78 is 12.7. The molecule has 1 rings (SSSR count). The quantitative estimate of drug-likeness (QED) is 0.860. The Morgan fingerprint density at radius 2 is 1.89 bits per heavy atom. The highest BCUT2D eigenvalue weighted by atomic mass is 19.1. The second-order valence-electron chi connectivity index (χ2n) is 5.82. The number of carbonyl (C=O) groups excluding carboxylic acids is 1. The number of aliphatic hydroxyl groups excluding tert-OH is 1. The van der Waals surface area contributed by atoms with Crippen LogP contribution in [0.1, 0.15) is 32.8 Å². The molecule has 0 saturated heterocycles. The Balaban J connectivity index is 2.31. The molecule has 1 aromatic rings. The summed E-state index contributed by atoms with van der Waals surface area (Å²) in [6, 6.07) is 5.87. The Morgan fingerprint density at radius 1 is 1.32 bits per heavy atom. The second-order valence-corrected chi connectivity index (χ2v) is 5.82. The zero-order chi connectivity index (χ0) is 14.5. The van der Waals surface area contributed by atoms with Crippen LogP contribution in [0, 0.1) is 11.2 Å². The van der Waals surface area contributed by atoms with Crippen molar-refractivity contribution in [3.8, 4) is 0 Å². The van der Waals surface area contributed by atoms with E-state index in [9.17, 15) is 14.3 Å². The molecule has 1 amide bonds. The van der Waals surface area contributed by atoms with Gasteiger partial charge in [0.05, 0.1) is 12.5 Å². The molecule has 0 heterocycles. The maximum Gasteiger partial charge on any atom is 0.224 e. The predicted molar refractivity (Wildman–Crippen MR) is 73.2 cm³/mol. The highest BCUT2D eigenvalue weighted by Crippen LogP contribution is 2.20. The van der Waals surface area contributed by atoms with Gasteiger partial charge in [-0.15, -0.1) is 0 Å². The van der Waals surface area contributed by atoms with Crippen molar-refractivity contribution in [2.45, 2.75) is 39.7 Å². The Hall–Kier alpha value is -1.42. The Bertz CT molecular complexity index is 409. The third-order valence-electron chi connectivity index (χ3n) is 3.02. The number of nitrogens with one attached hydrogen (secondary N) is 1. The minimum absolute atomic E-state index is 0.118. The number of aliphatic hydroxyl groups is 1. The van der Waals surface area contributed by atoms with E-state index in [1.807, 2.05) is 20.8 Å². The molecule has 1 aromatic carbocycles. The molecule has 1 atom stereocenters. The van der Waals surface area contributed by atoms with Gasteiger partial charge in [0.25, 0.3) is 0 Å². The van der Waals surface area contributed by atoms with E-state index in [2.05, 4.69) is 5.32 Å². The summed E-state index contributed by atoms with van der Waals surface area (Å²) >= 11 is 0. The third-order valence-corrected chi connectivity index (χ3v) is 3.02. The van der Waals surface area contributed by atoms with Crippen LogP contribution >= 0.6 is 0 Å². The smallest absolute Gasteiger partial charge is 0.224 e. The summed E-state index contributed by atoms with van der Waals surface area (Å²) in [5.74, 6) is -0.426. The Kier molecular flexibility index (Phi) is 5.48. The van der Waals surface area contributed by atoms with Crippen molar-refractivity contribution < 1.29 is 14.3 Å². The summed E-state index contributed by atoms with van der Waals surface area (Å²) in [7, 11) is 0. The van der Waals surface area contributed by atoms with E-state index in [0.717, 1.165) is 5.56 Å². The van der Waals surface area contributed by atoms with Crippen molar-refractivity contribution in [3.05, 3.63) is 35.6 Å². The van der Waals surface area contributed by atoms with Gasteiger partial charge in [-0.05, 0) is 29.5 Å². The molecular weight excluding hydrogens is 245 g/mol. The maximum atomic E-state index is 12.7. The molecule has 0 aliphatic carbocycles. The lowest BCUT2D eigenvalue weighted by molar-refractivity contribution is -0.120. The number of halogens is 1. The van der Waals surface area contributed by atoms with E-state index in [0.29, 0.717) is 13.0 Å². The number of rotatable bonds is 5. The second kappa shape index (κ2) is 6.66. The molecule has 3 nitrogen and oxygen atoms in total. The van der Waals surface area contributed by atoms with Gasteiger partial charge in [0.15, 0.2) is 0 Å². The van der Waals surface area contributed by atoms with Gasteiger partial charge in [0.1, 0.15) is 5.82 Å². The number of carbonyl (C=O) groups is 1. The first-order chi connectivity index (χ1) is 8.79. The Labute approximate surface area is 113 Å². The third kappa shape index (κ3) is 5.83. The fourth-order valence-corrected chi connectivity index (χ4v) is 1.63. The van der Waals surface area contributed by atoms with Crippen LogP contribution in [0.4, 0.5) is 4.39 Å². The SMILES string of the molecule is CC(C)(C)[C@@H](O)CCNC(=O)Cc1ccc(F)cc1. The van der Waals surface area contributed by atoms with Gasteiger partial charge >= 0.3 is 0 Å². The van der Waals surface area contributed by atoms with Crippen molar-refractivity contribution >= 4 is 5.91 Å². The average molecular weight is 267 g/mol. The largest absolute Gasteiger partial charge is 0.393 e. The molecule has 106 valence electrons. The standard InChI is InChI=1S/C15H22FNO2/c1-15(2,3)13(18)8-9-17-14(19)10-11-4-6-12(16)7-5-11/h4-7,13,18H,8-10H2,1-3H3,(H,17,19)/t13-/m0/s1. The molecule has 0 aliphatic heterocycles. The number of amides is 1. The van der Waals surface area contributed by atoms with E-state index in [4.69, 9.17) is 0 Å². The molecule has 0 saturated carbocycles. The van der Waals surface area contributed by atoms with Gasteiger partial charge in [0, 0.05) is 6.54 Å². The first kappa shape index (κ1) is 15.6. The normalized spacial score (nSPS) is 13.1. The molecule has 0 aromatic heterocycles. The molecular formula is C15H22FNO2. The van der Waals surface area contributed by atoms with Crippen LogP contribution in [-0.4, -0.2) is 23.7 Å². The zero-order valence-electron chi connectivity index (χ0n) is 11.7. The number of hydrogen-bond acceptors (Lipinski definition) is 2. The van der Waals surface area contributed by atoms with Crippen LogP contribution in [0.2, 0.25) is 0 Å². The highest BCUT2D eigenvalue weighted by Gasteiger charge is 2.21. The molecule has 0 unspecified atom stereocenters. The van der Waals surface area contributed by atoms with E-state index < -0.39 is 6.10 Å². The Morgan fingerprint density at radius 3 is 2.42 bits per heavy atom. The molecule has 19 heavy (non-hydrogen) atoms. The topological polar surface area (TPSA) is 49.3 Å². The van der Waals surface area contributed by atoms with Crippen LogP contribution in [0.3, 0.4) is 0 Å². The fourth-order valence-electron chi connectivity index (χ4n) is 1.63. The summed E-state index contributed by atoms with van der Waals surface area (Å²) in [5.41, 5.74) is 0.595. The van der Waals surface area contributed by atoms with Crippen molar-refractivity contribution in [1.29, 1.82) is 0 Å². The lowest BCUT2D eigenvalue weighted by atomic mass is 9.87. The maximum absolute atomic E-state index is 12.7. The van der Waals surface area contributed by atoms with Crippen molar-refractivity contribution in [2.24, 2.45) is 5.41 Å². The first-order valence-electron chi connectivity index (χ1n) is 6.48. The summed E-state index contributed by atoms with van der Waals surface area (Å²) in [6.45, 7) is 6.31. The monoisotopic (exact) mass is 267 g/mol. The number of hydrogen-bond donors (Lipinski definition) is 2. The van der Waals surface area contributed by atoms with Crippen molar-refractivity contribution in [1.82, 2.24) is 5.32 Å². The van der Waals surface area contributed by atoms with Crippen molar-refractivity contribution in [2.75, 3.05) is 6.54 Å². The van der Waals surface area contributed by atoms with E-state index in [1.54, 1.807) is 12.1 Å². The molecule has 0 radical (unpaired) electrons. The average Bonchev–Trinajstić information content (AvgIpc) is 2.31. The van der Waals surface area contributed by atoms with Gasteiger partial charge in [-0.25, -0.2) is 4.39 Å².